The number of benzene rings is 1. The van der Waals surface area contributed by atoms with Crippen molar-refractivity contribution in [2.75, 3.05) is 0 Å². The van der Waals surface area contributed by atoms with Crippen LogP contribution in [-0.4, -0.2) is 6.04 Å². The normalized spacial score (nSPS) is 18.5. The Bertz CT molecular complexity index is 374. The van der Waals surface area contributed by atoms with E-state index in [0.29, 0.717) is 16.4 Å². The molecule has 1 unspecified atom stereocenters. The van der Waals surface area contributed by atoms with E-state index in [1.807, 2.05) is 12.1 Å². The minimum absolute atomic E-state index is 0.200. The molecule has 1 aliphatic carbocycles. The number of halogens is 2. The molecule has 0 bridgehead atoms. The smallest absolute Gasteiger partial charge is 0.137 e. The number of hydrogen-bond donors (Lipinski definition) is 1. The maximum absolute atomic E-state index is 13.1. The van der Waals surface area contributed by atoms with Crippen molar-refractivity contribution in [1.82, 2.24) is 0 Å². The van der Waals surface area contributed by atoms with E-state index in [-0.39, 0.29) is 5.82 Å². The first-order valence-electron chi connectivity index (χ1n) is 6.36. The average molecular weight is 300 g/mol. The van der Waals surface area contributed by atoms with E-state index in [0.717, 1.165) is 18.4 Å². The maximum Gasteiger partial charge on any atom is 0.137 e. The minimum atomic E-state index is -0.200. The second kappa shape index (κ2) is 5.96. The standard InChI is InChI=1S/C14H19BrFN/c15-12-9-10(5-7-13(12)16)6-8-14(17)11-3-1-2-4-11/h5,7,9,11,14H,1-4,6,8,17H2. The van der Waals surface area contributed by atoms with Gasteiger partial charge >= 0.3 is 0 Å². The summed E-state index contributed by atoms with van der Waals surface area (Å²) >= 11 is 3.21. The van der Waals surface area contributed by atoms with E-state index in [2.05, 4.69) is 15.9 Å². The van der Waals surface area contributed by atoms with Crippen molar-refractivity contribution in [2.45, 2.75) is 44.6 Å². The zero-order valence-electron chi connectivity index (χ0n) is 9.96. The number of rotatable bonds is 4. The zero-order valence-corrected chi connectivity index (χ0v) is 11.5. The van der Waals surface area contributed by atoms with Gasteiger partial charge in [0.15, 0.2) is 0 Å². The van der Waals surface area contributed by atoms with Gasteiger partial charge in [-0.3, -0.25) is 0 Å². The van der Waals surface area contributed by atoms with Crippen molar-refractivity contribution < 1.29 is 4.39 Å². The van der Waals surface area contributed by atoms with Gasteiger partial charge in [0, 0.05) is 6.04 Å². The first kappa shape index (κ1) is 13.0. The molecule has 0 aliphatic heterocycles. The van der Waals surface area contributed by atoms with Crippen LogP contribution in [0.5, 0.6) is 0 Å². The van der Waals surface area contributed by atoms with Gasteiger partial charge in [-0.05, 0) is 65.2 Å². The third-order valence-corrected chi connectivity index (χ3v) is 4.36. The molecule has 1 aromatic rings. The third-order valence-electron chi connectivity index (χ3n) is 3.76. The van der Waals surface area contributed by atoms with E-state index in [1.54, 1.807) is 0 Å². The molecule has 1 saturated carbocycles. The van der Waals surface area contributed by atoms with Crippen molar-refractivity contribution in [1.29, 1.82) is 0 Å². The molecule has 0 aromatic heterocycles. The molecule has 0 heterocycles. The zero-order chi connectivity index (χ0) is 12.3. The number of nitrogens with two attached hydrogens (primary N) is 1. The van der Waals surface area contributed by atoms with Gasteiger partial charge in [0.05, 0.1) is 4.47 Å². The van der Waals surface area contributed by atoms with Gasteiger partial charge in [-0.1, -0.05) is 18.9 Å². The van der Waals surface area contributed by atoms with Crippen molar-refractivity contribution in [2.24, 2.45) is 11.7 Å². The molecule has 0 saturated heterocycles. The summed E-state index contributed by atoms with van der Waals surface area (Å²) in [6, 6.07) is 5.53. The summed E-state index contributed by atoms with van der Waals surface area (Å²) in [4.78, 5) is 0. The predicted molar refractivity (Wildman–Crippen MR) is 72.4 cm³/mol. The van der Waals surface area contributed by atoms with E-state index < -0.39 is 0 Å². The van der Waals surface area contributed by atoms with Crippen LogP contribution in [0.1, 0.15) is 37.7 Å². The highest BCUT2D eigenvalue weighted by Crippen LogP contribution is 2.28. The Morgan fingerprint density at radius 1 is 1.35 bits per heavy atom. The minimum Gasteiger partial charge on any atom is -0.327 e. The van der Waals surface area contributed by atoms with Crippen LogP contribution < -0.4 is 5.73 Å². The molecule has 0 amide bonds. The van der Waals surface area contributed by atoms with Crippen molar-refractivity contribution in [3.63, 3.8) is 0 Å². The Labute approximate surface area is 111 Å². The highest BCUT2D eigenvalue weighted by Gasteiger charge is 2.21. The van der Waals surface area contributed by atoms with Crippen LogP contribution in [0.2, 0.25) is 0 Å². The lowest BCUT2D eigenvalue weighted by atomic mass is 9.93. The Morgan fingerprint density at radius 2 is 2.06 bits per heavy atom. The molecule has 3 heteroatoms. The van der Waals surface area contributed by atoms with Crippen LogP contribution in [0.3, 0.4) is 0 Å². The Morgan fingerprint density at radius 3 is 2.71 bits per heavy atom. The van der Waals surface area contributed by atoms with Crippen LogP contribution in [-0.2, 0) is 6.42 Å². The second-order valence-corrected chi connectivity index (χ2v) is 5.85. The molecule has 1 atom stereocenters. The van der Waals surface area contributed by atoms with Crippen LogP contribution >= 0.6 is 15.9 Å². The molecular formula is C14H19BrFN. The number of hydrogen-bond acceptors (Lipinski definition) is 1. The van der Waals surface area contributed by atoms with Crippen LogP contribution in [0.4, 0.5) is 4.39 Å². The second-order valence-electron chi connectivity index (χ2n) is 5.00. The quantitative estimate of drug-likeness (QED) is 0.892. The van der Waals surface area contributed by atoms with Crippen molar-refractivity contribution >= 4 is 15.9 Å². The Hall–Kier alpha value is -0.410. The van der Waals surface area contributed by atoms with Gasteiger partial charge < -0.3 is 5.73 Å². The molecule has 1 aromatic carbocycles. The monoisotopic (exact) mass is 299 g/mol. The predicted octanol–water partition coefficient (Wildman–Crippen LogP) is 4.04. The largest absolute Gasteiger partial charge is 0.327 e. The molecular weight excluding hydrogens is 281 g/mol. The molecule has 2 N–H and O–H groups in total. The molecule has 2 rings (SSSR count). The molecule has 17 heavy (non-hydrogen) atoms. The summed E-state index contributed by atoms with van der Waals surface area (Å²) < 4.78 is 13.6. The third kappa shape index (κ3) is 3.52. The fourth-order valence-corrected chi connectivity index (χ4v) is 3.08. The summed E-state index contributed by atoms with van der Waals surface area (Å²) in [5.41, 5.74) is 7.37. The van der Waals surface area contributed by atoms with Crippen molar-refractivity contribution in [3.8, 4) is 0 Å². The van der Waals surface area contributed by atoms with Gasteiger partial charge in [0.25, 0.3) is 0 Å². The molecule has 0 radical (unpaired) electrons. The Balaban J connectivity index is 1.86. The van der Waals surface area contributed by atoms with E-state index in [4.69, 9.17) is 5.73 Å². The van der Waals surface area contributed by atoms with E-state index >= 15 is 0 Å². The first-order chi connectivity index (χ1) is 8.16. The van der Waals surface area contributed by atoms with Gasteiger partial charge in [-0.2, -0.15) is 0 Å². The lowest BCUT2D eigenvalue weighted by molar-refractivity contribution is 0.410. The van der Waals surface area contributed by atoms with Gasteiger partial charge in [0.1, 0.15) is 5.82 Å². The molecule has 94 valence electrons. The lowest BCUT2D eigenvalue weighted by Gasteiger charge is -2.18. The molecule has 1 fully saturated rings. The maximum atomic E-state index is 13.1. The summed E-state index contributed by atoms with van der Waals surface area (Å²) in [5, 5.41) is 0. The highest BCUT2D eigenvalue weighted by atomic mass is 79.9. The van der Waals surface area contributed by atoms with Crippen molar-refractivity contribution in [3.05, 3.63) is 34.1 Å². The summed E-state index contributed by atoms with van der Waals surface area (Å²) in [5.74, 6) is 0.507. The van der Waals surface area contributed by atoms with Crippen LogP contribution in [0.15, 0.2) is 22.7 Å². The molecule has 1 aliphatic rings. The van der Waals surface area contributed by atoms with Gasteiger partial charge in [-0.25, -0.2) is 4.39 Å². The fraction of sp³-hybridized carbons (Fsp3) is 0.571. The van der Waals surface area contributed by atoms with E-state index in [9.17, 15) is 4.39 Å². The van der Waals surface area contributed by atoms with Gasteiger partial charge in [0.2, 0.25) is 0 Å². The highest BCUT2D eigenvalue weighted by molar-refractivity contribution is 9.10. The van der Waals surface area contributed by atoms with Crippen LogP contribution in [0, 0.1) is 11.7 Å². The number of aryl methyl sites for hydroxylation is 1. The van der Waals surface area contributed by atoms with Crippen LogP contribution in [0.25, 0.3) is 0 Å². The van der Waals surface area contributed by atoms with Gasteiger partial charge in [-0.15, -0.1) is 0 Å². The Kier molecular flexibility index (Phi) is 4.57. The SMILES string of the molecule is NC(CCc1ccc(F)c(Br)c1)C1CCCC1. The fourth-order valence-electron chi connectivity index (χ4n) is 2.65. The molecule has 0 spiro atoms. The van der Waals surface area contributed by atoms with E-state index in [1.165, 1.54) is 31.7 Å². The topological polar surface area (TPSA) is 26.0 Å². The molecule has 1 nitrogen and oxygen atoms in total. The summed E-state index contributed by atoms with van der Waals surface area (Å²) in [6.07, 6.45) is 7.18. The summed E-state index contributed by atoms with van der Waals surface area (Å²) in [6.45, 7) is 0. The summed E-state index contributed by atoms with van der Waals surface area (Å²) in [7, 11) is 0. The lowest BCUT2D eigenvalue weighted by Crippen LogP contribution is -2.28. The average Bonchev–Trinajstić information content (AvgIpc) is 2.84. The first-order valence-corrected chi connectivity index (χ1v) is 7.15.